The summed E-state index contributed by atoms with van der Waals surface area (Å²) in [6.45, 7) is 0.992. The number of rotatable bonds is 3. The highest BCUT2D eigenvalue weighted by Crippen LogP contribution is 2.09. The predicted molar refractivity (Wildman–Crippen MR) is 52.1 cm³/mol. The summed E-state index contributed by atoms with van der Waals surface area (Å²) in [5.74, 6) is 0. The fourth-order valence-electron chi connectivity index (χ4n) is 1.03. The van der Waals surface area contributed by atoms with Crippen molar-refractivity contribution in [2.45, 2.75) is 13.0 Å². The van der Waals surface area contributed by atoms with Crippen molar-refractivity contribution in [3.8, 4) is 0 Å². The smallest absolute Gasteiger partial charge is 0.119 e. The largest absolute Gasteiger partial charge is 0.386 e. The summed E-state index contributed by atoms with van der Waals surface area (Å²) >= 11 is 0. The van der Waals surface area contributed by atoms with Gasteiger partial charge >= 0.3 is 0 Å². The van der Waals surface area contributed by atoms with Crippen LogP contribution < -0.4 is 0 Å². The Hall–Kier alpha value is -1.15. The summed E-state index contributed by atoms with van der Waals surface area (Å²) in [7, 11) is 0. The summed E-state index contributed by atoms with van der Waals surface area (Å²) in [4.78, 5) is 0. The molecule has 1 nitrogen and oxygen atoms in total. The normalized spacial score (nSPS) is 14.2. The molecule has 13 heavy (non-hydrogen) atoms. The second-order valence-electron chi connectivity index (χ2n) is 2.97. The van der Waals surface area contributed by atoms with E-state index in [4.69, 9.17) is 5.11 Å². The van der Waals surface area contributed by atoms with E-state index >= 15 is 0 Å². The number of benzene rings is 1. The second-order valence-corrected chi connectivity index (χ2v) is 2.97. The molecule has 1 atom stereocenters. The quantitative estimate of drug-likeness (QED) is 0.757. The molecule has 1 aromatic carbocycles. The van der Waals surface area contributed by atoms with E-state index in [-0.39, 0.29) is 0 Å². The lowest BCUT2D eigenvalue weighted by Crippen LogP contribution is -2.09. The van der Waals surface area contributed by atoms with Crippen LogP contribution in [0.1, 0.15) is 12.5 Å². The Kier molecular flexibility index (Phi) is 3.65. The van der Waals surface area contributed by atoms with Gasteiger partial charge in [0.05, 0.1) is 0 Å². The van der Waals surface area contributed by atoms with Crippen LogP contribution in [-0.2, 0) is 0 Å². The Balaban J connectivity index is 2.77. The van der Waals surface area contributed by atoms with E-state index in [1.165, 1.54) is 0 Å². The minimum Gasteiger partial charge on any atom is -0.386 e. The van der Waals surface area contributed by atoms with Crippen LogP contribution in [-0.4, -0.2) is 17.9 Å². The minimum absolute atomic E-state index is 0.647. The van der Waals surface area contributed by atoms with Crippen molar-refractivity contribution in [3.05, 3.63) is 41.5 Å². The number of hydrogen-bond donors (Lipinski definition) is 1. The van der Waals surface area contributed by atoms with Crippen LogP contribution in [0.25, 0.3) is 6.08 Å². The predicted octanol–water partition coefficient (Wildman–Crippen LogP) is 2.42. The van der Waals surface area contributed by atoms with Crippen LogP contribution in [0.15, 0.2) is 35.9 Å². The van der Waals surface area contributed by atoms with Crippen LogP contribution in [0.5, 0.6) is 0 Å². The molecule has 2 heteroatoms. The zero-order valence-corrected chi connectivity index (χ0v) is 7.57. The van der Waals surface area contributed by atoms with Crippen molar-refractivity contribution >= 4 is 6.08 Å². The molecule has 0 fully saturated rings. The molecule has 1 rings (SSSR count). The number of halogens is 1. The molecule has 0 heterocycles. The Labute approximate surface area is 77.5 Å². The lowest BCUT2D eigenvalue weighted by Gasteiger charge is -2.05. The molecule has 1 aromatic rings. The molecular formula is C11H13FO. The molecule has 0 aliphatic heterocycles. The monoisotopic (exact) mass is 180 g/mol. The summed E-state index contributed by atoms with van der Waals surface area (Å²) in [5, 5.41) is 9.14. The van der Waals surface area contributed by atoms with Gasteiger partial charge in [-0.1, -0.05) is 36.4 Å². The highest BCUT2D eigenvalue weighted by Gasteiger charge is 2.04. The lowest BCUT2D eigenvalue weighted by atomic mass is 10.1. The molecule has 70 valence electrons. The third-order valence-electron chi connectivity index (χ3n) is 1.87. The van der Waals surface area contributed by atoms with E-state index in [9.17, 15) is 4.39 Å². The second kappa shape index (κ2) is 4.77. The van der Waals surface area contributed by atoms with E-state index in [0.29, 0.717) is 5.57 Å². The van der Waals surface area contributed by atoms with Gasteiger partial charge in [0.15, 0.2) is 0 Å². The van der Waals surface area contributed by atoms with E-state index < -0.39 is 12.8 Å². The third kappa shape index (κ3) is 2.99. The van der Waals surface area contributed by atoms with Crippen molar-refractivity contribution < 1.29 is 9.50 Å². The molecule has 0 saturated carbocycles. The molecule has 0 aliphatic rings. The maximum absolute atomic E-state index is 12.0. The van der Waals surface area contributed by atoms with Crippen molar-refractivity contribution in [3.63, 3.8) is 0 Å². The van der Waals surface area contributed by atoms with Crippen LogP contribution in [0.4, 0.5) is 4.39 Å². The summed E-state index contributed by atoms with van der Waals surface area (Å²) in [5.41, 5.74) is 1.63. The Morgan fingerprint density at radius 2 is 2.08 bits per heavy atom. The Bertz CT molecular complexity index is 279. The van der Waals surface area contributed by atoms with Gasteiger partial charge in [-0.15, -0.1) is 0 Å². The minimum atomic E-state index is -0.972. The molecule has 0 bridgehead atoms. The molecule has 0 spiro atoms. The van der Waals surface area contributed by atoms with Crippen LogP contribution in [0.3, 0.4) is 0 Å². The van der Waals surface area contributed by atoms with Gasteiger partial charge in [0.1, 0.15) is 12.8 Å². The fourth-order valence-corrected chi connectivity index (χ4v) is 1.03. The Morgan fingerprint density at radius 1 is 1.46 bits per heavy atom. The van der Waals surface area contributed by atoms with Crippen molar-refractivity contribution in [2.24, 2.45) is 0 Å². The molecule has 1 N–H and O–H groups in total. The SMILES string of the molecule is C/C(=C\c1ccccc1)C(O)CF. The van der Waals surface area contributed by atoms with E-state index in [1.54, 1.807) is 13.0 Å². The van der Waals surface area contributed by atoms with Crippen molar-refractivity contribution in [1.82, 2.24) is 0 Å². The number of alkyl halides is 1. The van der Waals surface area contributed by atoms with Gasteiger partial charge in [0, 0.05) is 0 Å². The van der Waals surface area contributed by atoms with Crippen molar-refractivity contribution in [2.75, 3.05) is 6.67 Å². The maximum Gasteiger partial charge on any atom is 0.119 e. The standard InChI is InChI=1S/C11H13FO/c1-9(11(13)8-12)7-10-5-3-2-4-6-10/h2-7,11,13H,8H2,1H3/b9-7+. The topological polar surface area (TPSA) is 20.2 Å². The zero-order chi connectivity index (χ0) is 9.68. The average molecular weight is 180 g/mol. The van der Waals surface area contributed by atoms with Crippen molar-refractivity contribution in [1.29, 1.82) is 0 Å². The molecule has 0 aliphatic carbocycles. The van der Waals surface area contributed by atoms with Gasteiger partial charge in [-0.2, -0.15) is 0 Å². The molecule has 1 unspecified atom stereocenters. The first-order valence-electron chi connectivity index (χ1n) is 4.21. The van der Waals surface area contributed by atoms with Gasteiger partial charge < -0.3 is 5.11 Å². The average Bonchev–Trinajstić information content (AvgIpc) is 2.18. The van der Waals surface area contributed by atoms with Gasteiger partial charge in [-0.25, -0.2) is 4.39 Å². The van der Waals surface area contributed by atoms with Crippen LogP contribution in [0.2, 0.25) is 0 Å². The first-order valence-corrected chi connectivity index (χ1v) is 4.21. The maximum atomic E-state index is 12.0. The highest BCUT2D eigenvalue weighted by molar-refractivity contribution is 5.52. The molecule has 0 aromatic heterocycles. The van der Waals surface area contributed by atoms with Crippen LogP contribution in [0, 0.1) is 0 Å². The van der Waals surface area contributed by atoms with E-state index in [0.717, 1.165) is 5.56 Å². The number of aliphatic hydroxyl groups is 1. The number of aliphatic hydroxyl groups excluding tert-OH is 1. The van der Waals surface area contributed by atoms with Crippen LogP contribution >= 0.6 is 0 Å². The molecule has 0 saturated heterocycles. The van der Waals surface area contributed by atoms with Gasteiger partial charge in [0.25, 0.3) is 0 Å². The fraction of sp³-hybridized carbons (Fsp3) is 0.273. The van der Waals surface area contributed by atoms with E-state index in [2.05, 4.69) is 0 Å². The molecule has 0 radical (unpaired) electrons. The first kappa shape index (κ1) is 9.93. The summed E-state index contributed by atoms with van der Waals surface area (Å²) in [6, 6.07) is 9.54. The lowest BCUT2D eigenvalue weighted by molar-refractivity contribution is 0.173. The summed E-state index contributed by atoms with van der Waals surface area (Å²) < 4.78 is 12.0. The first-order chi connectivity index (χ1) is 6.24. The summed E-state index contributed by atoms with van der Waals surface area (Å²) in [6.07, 6.45) is 0.810. The third-order valence-corrected chi connectivity index (χ3v) is 1.87. The molecular weight excluding hydrogens is 167 g/mol. The van der Waals surface area contributed by atoms with Gasteiger partial charge in [-0.05, 0) is 18.1 Å². The van der Waals surface area contributed by atoms with Gasteiger partial charge in [-0.3, -0.25) is 0 Å². The van der Waals surface area contributed by atoms with E-state index in [1.807, 2.05) is 30.3 Å². The molecule has 0 amide bonds. The Morgan fingerprint density at radius 3 is 2.62 bits per heavy atom. The number of hydrogen-bond acceptors (Lipinski definition) is 1. The van der Waals surface area contributed by atoms with Gasteiger partial charge in [0.2, 0.25) is 0 Å². The zero-order valence-electron chi connectivity index (χ0n) is 7.57. The highest BCUT2D eigenvalue weighted by atomic mass is 19.1.